The van der Waals surface area contributed by atoms with Gasteiger partial charge in [0.2, 0.25) is 5.91 Å². The molecule has 1 saturated heterocycles. The Morgan fingerprint density at radius 1 is 1.20 bits per heavy atom. The Morgan fingerprint density at radius 2 is 1.80 bits per heavy atom. The summed E-state index contributed by atoms with van der Waals surface area (Å²) in [5, 5.41) is 0. The number of esters is 1. The third-order valence-corrected chi connectivity index (χ3v) is 4.87. The van der Waals surface area contributed by atoms with Crippen LogP contribution in [0.3, 0.4) is 0 Å². The minimum Gasteiger partial charge on any atom is -0.458 e. The van der Waals surface area contributed by atoms with Gasteiger partial charge in [-0.2, -0.15) is 13.2 Å². The first-order valence-corrected chi connectivity index (χ1v) is 9.81. The highest BCUT2D eigenvalue weighted by molar-refractivity contribution is 5.81. The van der Waals surface area contributed by atoms with Gasteiger partial charge in [0.1, 0.15) is 12.2 Å². The molecule has 1 aliphatic heterocycles. The largest absolute Gasteiger partial charge is 0.458 e. The molecular formula is C21H29F3N2O4. The van der Waals surface area contributed by atoms with E-state index in [0.29, 0.717) is 5.56 Å². The van der Waals surface area contributed by atoms with Crippen molar-refractivity contribution in [1.82, 2.24) is 4.90 Å². The van der Waals surface area contributed by atoms with E-state index < -0.39 is 41.6 Å². The molecule has 0 unspecified atom stereocenters. The fourth-order valence-electron chi connectivity index (χ4n) is 3.44. The molecule has 1 amide bonds. The summed E-state index contributed by atoms with van der Waals surface area (Å²) in [6.07, 6.45) is -4.04. The Labute approximate surface area is 174 Å². The van der Waals surface area contributed by atoms with Crippen LogP contribution in [0, 0.1) is 0 Å². The number of hydrogen-bond donors (Lipinski definition) is 1. The van der Waals surface area contributed by atoms with E-state index in [1.165, 1.54) is 6.07 Å². The molecule has 0 radical (unpaired) electrons. The van der Waals surface area contributed by atoms with E-state index >= 15 is 0 Å². The van der Waals surface area contributed by atoms with Crippen LogP contribution in [0.25, 0.3) is 0 Å². The summed E-state index contributed by atoms with van der Waals surface area (Å²) in [5.74, 6) is -0.845. The Kier molecular flexibility index (Phi) is 7.19. The van der Waals surface area contributed by atoms with Crippen molar-refractivity contribution in [3.63, 3.8) is 0 Å². The van der Waals surface area contributed by atoms with Crippen molar-refractivity contribution in [2.75, 3.05) is 19.7 Å². The van der Waals surface area contributed by atoms with Crippen molar-refractivity contribution < 1.29 is 32.2 Å². The number of likely N-dealkylation sites (tertiary alicyclic amines) is 1. The van der Waals surface area contributed by atoms with E-state index in [-0.39, 0.29) is 31.8 Å². The highest BCUT2D eigenvalue weighted by Gasteiger charge is 2.41. The second kappa shape index (κ2) is 8.93. The molecule has 30 heavy (non-hydrogen) atoms. The van der Waals surface area contributed by atoms with Crippen molar-refractivity contribution in [3.8, 4) is 0 Å². The fraction of sp³-hybridized carbons (Fsp3) is 0.619. The third-order valence-electron chi connectivity index (χ3n) is 4.87. The van der Waals surface area contributed by atoms with E-state index in [4.69, 9.17) is 15.2 Å². The number of benzene rings is 1. The van der Waals surface area contributed by atoms with Crippen molar-refractivity contribution in [1.29, 1.82) is 0 Å². The Bertz CT molecular complexity index is 764. The monoisotopic (exact) mass is 430 g/mol. The molecule has 0 saturated carbocycles. The summed E-state index contributed by atoms with van der Waals surface area (Å²) in [5.41, 5.74) is 3.32. The van der Waals surface area contributed by atoms with Gasteiger partial charge >= 0.3 is 12.1 Å². The topological polar surface area (TPSA) is 81.9 Å². The number of hydrogen-bond acceptors (Lipinski definition) is 5. The minimum absolute atomic E-state index is 0.232. The van der Waals surface area contributed by atoms with E-state index in [2.05, 4.69) is 0 Å². The van der Waals surface area contributed by atoms with Gasteiger partial charge in [0.25, 0.3) is 0 Å². The van der Waals surface area contributed by atoms with Crippen LogP contribution in [0.5, 0.6) is 0 Å². The van der Waals surface area contributed by atoms with Gasteiger partial charge in [0, 0.05) is 13.1 Å². The first-order chi connectivity index (χ1) is 13.7. The third kappa shape index (κ3) is 6.18. The number of carbonyl (C=O) groups excluding carboxylic acids is 2. The number of carbonyl (C=O) groups is 2. The van der Waals surface area contributed by atoms with E-state index in [9.17, 15) is 22.8 Å². The maximum atomic E-state index is 13.2. The zero-order valence-electron chi connectivity index (χ0n) is 17.7. The lowest BCUT2D eigenvalue weighted by atomic mass is 9.83. The van der Waals surface area contributed by atoms with Gasteiger partial charge in [-0.15, -0.1) is 0 Å². The second-order valence-electron chi connectivity index (χ2n) is 8.56. The molecule has 1 heterocycles. The van der Waals surface area contributed by atoms with E-state index in [1.807, 2.05) is 0 Å². The van der Waals surface area contributed by atoms with Gasteiger partial charge < -0.3 is 20.1 Å². The molecule has 2 N–H and O–H groups in total. The van der Waals surface area contributed by atoms with Gasteiger partial charge in [-0.25, -0.2) is 4.79 Å². The number of nitrogens with zero attached hydrogens (tertiary/aromatic N) is 1. The van der Waals surface area contributed by atoms with Gasteiger partial charge in [-0.1, -0.05) is 12.1 Å². The van der Waals surface area contributed by atoms with Crippen molar-refractivity contribution >= 4 is 11.9 Å². The molecule has 0 aromatic heterocycles. The molecule has 1 aromatic carbocycles. The molecule has 2 rings (SSSR count). The first-order valence-electron chi connectivity index (χ1n) is 9.81. The predicted molar refractivity (Wildman–Crippen MR) is 104 cm³/mol. The lowest BCUT2D eigenvalue weighted by molar-refractivity contribution is -0.172. The number of alkyl halides is 3. The summed E-state index contributed by atoms with van der Waals surface area (Å²) in [7, 11) is 0. The molecule has 0 aliphatic carbocycles. The molecule has 0 bridgehead atoms. The molecule has 168 valence electrons. The molecule has 1 aromatic rings. The maximum Gasteiger partial charge on any atom is 0.416 e. The average molecular weight is 430 g/mol. The van der Waals surface area contributed by atoms with Crippen molar-refractivity contribution in [2.45, 2.75) is 64.0 Å². The SMILES string of the molecule is C[C@H](N)C(=O)N1CCC(OCC(=O)OC(C)(C)C)(c2cccc(C(F)(F)F)c2)CC1. The minimum atomic E-state index is -4.51. The number of rotatable bonds is 5. The molecule has 9 heteroatoms. The van der Waals surface area contributed by atoms with Crippen LogP contribution in [0.2, 0.25) is 0 Å². The fourth-order valence-corrected chi connectivity index (χ4v) is 3.44. The number of piperidine rings is 1. The van der Waals surface area contributed by atoms with E-state index in [0.717, 1.165) is 12.1 Å². The van der Waals surface area contributed by atoms with Crippen LogP contribution in [0.15, 0.2) is 24.3 Å². The van der Waals surface area contributed by atoms with Crippen LogP contribution in [-0.2, 0) is 30.8 Å². The standard InChI is InChI=1S/C21H29F3N2O4/c1-14(25)18(28)26-10-8-20(9-11-26,29-13-17(27)30-19(2,3)4)15-6-5-7-16(12-15)21(22,23)24/h5-7,12,14H,8-11,13,25H2,1-4H3/t14-/m0/s1. The zero-order chi connectivity index (χ0) is 22.7. The first kappa shape index (κ1) is 24.1. The molecule has 6 nitrogen and oxygen atoms in total. The lowest BCUT2D eigenvalue weighted by Crippen LogP contribution is -2.51. The highest BCUT2D eigenvalue weighted by atomic mass is 19.4. The van der Waals surface area contributed by atoms with Gasteiger partial charge in [0.05, 0.1) is 17.2 Å². The number of halogens is 3. The highest BCUT2D eigenvalue weighted by Crippen LogP contribution is 2.39. The van der Waals surface area contributed by atoms with Crippen LogP contribution >= 0.6 is 0 Å². The molecular weight excluding hydrogens is 401 g/mol. The normalized spacial score (nSPS) is 18.1. The Balaban J connectivity index is 2.28. The number of amides is 1. The zero-order valence-corrected chi connectivity index (χ0v) is 17.7. The Morgan fingerprint density at radius 3 is 2.30 bits per heavy atom. The van der Waals surface area contributed by atoms with Crippen LogP contribution in [0.1, 0.15) is 51.7 Å². The number of ether oxygens (including phenoxy) is 2. The van der Waals surface area contributed by atoms with Crippen molar-refractivity contribution in [2.24, 2.45) is 5.73 Å². The average Bonchev–Trinajstić information content (AvgIpc) is 2.64. The predicted octanol–water partition coefficient (Wildman–Crippen LogP) is 3.23. The Hall–Kier alpha value is -2.13. The molecule has 1 fully saturated rings. The summed E-state index contributed by atoms with van der Waals surface area (Å²) in [6, 6.07) is 4.22. The van der Waals surface area contributed by atoms with Gasteiger partial charge in [-0.05, 0) is 58.2 Å². The quantitative estimate of drug-likeness (QED) is 0.726. The molecule has 1 aliphatic rings. The van der Waals surface area contributed by atoms with Crippen molar-refractivity contribution in [3.05, 3.63) is 35.4 Å². The van der Waals surface area contributed by atoms with Crippen LogP contribution in [0.4, 0.5) is 13.2 Å². The summed E-state index contributed by atoms with van der Waals surface area (Å²) in [4.78, 5) is 25.9. The van der Waals surface area contributed by atoms with Gasteiger partial charge in [-0.3, -0.25) is 4.79 Å². The van der Waals surface area contributed by atoms with Crippen LogP contribution < -0.4 is 5.73 Å². The van der Waals surface area contributed by atoms with Crippen LogP contribution in [-0.4, -0.2) is 48.1 Å². The molecule has 1 atom stereocenters. The maximum absolute atomic E-state index is 13.2. The van der Waals surface area contributed by atoms with E-state index in [1.54, 1.807) is 38.7 Å². The summed E-state index contributed by atoms with van der Waals surface area (Å²) in [6.45, 7) is 6.82. The molecule has 0 spiro atoms. The van der Waals surface area contributed by atoms with Gasteiger partial charge in [0.15, 0.2) is 0 Å². The smallest absolute Gasteiger partial charge is 0.416 e. The summed E-state index contributed by atoms with van der Waals surface area (Å²) >= 11 is 0. The lowest BCUT2D eigenvalue weighted by Gasteiger charge is -2.42. The second-order valence-corrected chi connectivity index (χ2v) is 8.56. The number of nitrogens with two attached hydrogens (primary N) is 1. The summed E-state index contributed by atoms with van der Waals surface area (Å²) < 4.78 is 50.9.